The molecule has 0 radical (unpaired) electrons. The molecule has 0 amide bonds. The van der Waals surface area contributed by atoms with E-state index in [0.717, 1.165) is 18.0 Å². The smallest absolute Gasteiger partial charge is 0.161 e. The van der Waals surface area contributed by atoms with Crippen LogP contribution in [0.2, 0.25) is 0 Å². The fourth-order valence-electron chi connectivity index (χ4n) is 1.54. The van der Waals surface area contributed by atoms with Gasteiger partial charge in [0.05, 0.1) is 14.2 Å². The highest BCUT2D eigenvalue weighted by atomic mass is 35.5. The van der Waals surface area contributed by atoms with Crippen molar-refractivity contribution in [3.8, 4) is 11.5 Å². The molecule has 1 rings (SSSR count). The molecule has 1 aromatic carbocycles. The third-order valence-electron chi connectivity index (χ3n) is 2.86. The highest BCUT2D eigenvalue weighted by Crippen LogP contribution is 2.28. The normalized spacial score (nSPS) is 12.6. The number of ether oxygens (including phenoxy) is 2. The molecular formula is C13H20ClNO2. The van der Waals surface area contributed by atoms with Gasteiger partial charge in [0.2, 0.25) is 0 Å². The maximum absolute atomic E-state index is 5.83. The van der Waals surface area contributed by atoms with Crippen LogP contribution in [0.1, 0.15) is 12.5 Å². The monoisotopic (exact) mass is 257 g/mol. The molecule has 4 heteroatoms. The second kappa shape index (κ2) is 6.72. The minimum atomic E-state index is 0.352. The first kappa shape index (κ1) is 14.1. The van der Waals surface area contributed by atoms with Gasteiger partial charge in [-0.25, -0.2) is 0 Å². The van der Waals surface area contributed by atoms with Gasteiger partial charge in [-0.2, -0.15) is 0 Å². The van der Waals surface area contributed by atoms with E-state index < -0.39 is 0 Å². The van der Waals surface area contributed by atoms with E-state index in [1.165, 1.54) is 5.56 Å². The van der Waals surface area contributed by atoms with Crippen LogP contribution in [0.15, 0.2) is 18.2 Å². The zero-order valence-electron chi connectivity index (χ0n) is 10.9. The van der Waals surface area contributed by atoms with E-state index in [1.807, 2.05) is 18.2 Å². The fraction of sp³-hybridized carbons (Fsp3) is 0.538. The molecule has 0 fully saturated rings. The highest BCUT2D eigenvalue weighted by Gasteiger charge is 2.10. The maximum Gasteiger partial charge on any atom is 0.161 e. The van der Waals surface area contributed by atoms with Crippen molar-refractivity contribution in [2.45, 2.75) is 19.5 Å². The van der Waals surface area contributed by atoms with Gasteiger partial charge in [0.25, 0.3) is 0 Å². The van der Waals surface area contributed by atoms with E-state index in [-0.39, 0.29) is 0 Å². The van der Waals surface area contributed by atoms with Crippen LogP contribution < -0.4 is 9.47 Å². The van der Waals surface area contributed by atoms with E-state index in [2.05, 4.69) is 18.9 Å². The molecular weight excluding hydrogens is 238 g/mol. The lowest BCUT2D eigenvalue weighted by molar-refractivity contribution is 0.267. The average molecular weight is 258 g/mol. The van der Waals surface area contributed by atoms with E-state index in [0.29, 0.717) is 11.9 Å². The van der Waals surface area contributed by atoms with E-state index in [9.17, 15) is 0 Å². The van der Waals surface area contributed by atoms with E-state index in [4.69, 9.17) is 21.1 Å². The minimum Gasteiger partial charge on any atom is -0.493 e. The Hall–Kier alpha value is -0.930. The quantitative estimate of drug-likeness (QED) is 0.732. The van der Waals surface area contributed by atoms with Gasteiger partial charge in [0.15, 0.2) is 11.5 Å². The standard InChI is InChI=1S/C13H20ClNO2/c1-10(8-14)15(2)9-11-5-6-12(16-3)13(7-11)17-4/h5-7,10H,8-9H2,1-4H3. The molecule has 96 valence electrons. The molecule has 17 heavy (non-hydrogen) atoms. The molecule has 1 atom stereocenters. The molecule has 0 saturated heterocycles. The summed E-state index contributed by atoms with van der Waals surface area (Å²) in [5.74, 6) is 2.14. The van der Waals surface area contributed by atoms with Gasteiger partial charge in [-0.05, 0) is 31.7 Å². The molecule has 0 N–H and O–H groups in total. The Labute approximate surface area is 108 Å². The molecule has 3 nitrogen and oxygen atoms in total. The Morgan fingerprint density at radius 2 is 1.88 bits per heavy atom. The lowest BCUT2D eigenvalue weighted by Gasteiger charge is -2.23. The summed E-state index contributed by atoms with van der Waals surface area (Å²) < 4.78 is 10.5. The van der Waals surface area contributed by atoms with E-state index >= 15 is 0 Å². The molecule has 0 spiro atoms. The molecule has 1 unspecified atom stereocenters. The summed E-state index contributed by atoms with van der Waals surface area (Å²) in [4.78, 5) is 2.20. The summed E-state index contributed by atoms with van der Waals surface area (Å²) in [6, 6.07) is 6.31. The van der Waals surface area contributed by atoms with Gasteiger partial charge in [0.1, 0.15) is 0 Å². The van der Waals surface area contributed by atoms with Crippen LogP contribution in [0, 0.1) is 0 Å². The number of hydrogen-bond donors (Lipinski definition) is 0. The molecule has 0 aliphatic carbocycles. The Morgan fingerprint density at radius 3 is 2.41 bits per heavy atom. The number of benzene rings is 1. The molecule has 0 aliphatic heterocycles. The van der Waals surface area contributed by atoms with Gasteiger partial charge in [-0.3, -0.25) is 4.90 Å². The molecule has 0 heterocycles. The summed E-state index contributed by atoms with van der Waals surface area (Å²) in [5, 5.41) is 0. The number of nitrogens with zero attached hydrogens (tertiary/aromatic N) is 1. The van der Waals surface area contributed by atoms with Crippen molar-refractivity contribution in [1.29, 1.82) is 0 Å². The molecule has 0 aliphatic rings. The summed E-state index contributed by atoms with van der Waals surface area (Å²) in [5.41, 5.74) is 1.18. The van der Waals surface area contributed by atoms with Crippen LogP contribution in [0.25, 0.3) is 0 Å². The number of rotatable bonds is 6. The molecule has 0 aromatic heterocycles. The zero-order chi connectivity index (χ0) is 12.8. The van der Waals surface area contributed by atoms with Crippen molar-refractivity contribution in [2.24, 2.45) is 0 Å². The zero-order valence-corrected chi connectivity index (χ0v) is 11.6. The second-order valence-corrected chi connectivity index (χ2v) is 4.42. The first-order valence-electron chi connectivity index (χ1n) is 5.59. The van der Waals surface area contributed by atoms with Crippen molar-refractivity contribution in [1.82, 2.24) is 4.90 Å². The van der Waals surface area contributed by atoms with Crippen LogP contribution in [-0.4, -0.2) is 38.1 Å². The predicted molar refractivity (Wildman–Crippen MR) is 71.2 cm³/mol. The Bertz CT molecular complexity index is 357. The largest absolute Gasteiger partial charge is 0.493 e. The van der Waals surface area contributed by atoms with Crippen molar-refractivity contribution in [2.75, 3.05) is 27.1 Å². The third kappa shape index (κ3) is 3.79. The lowest BCUT2D eigenvalue weighted by Crippen LogP contribution is -2.29. The Kier molecular flexibility index (Phi) is 5.59. The number of hydrogen-bond acceptors (Lipinski definition) is 3. The lowest BCUT2D eigenvalue weighted by atomic mass is 10.1. The Morgan fingerprint density at radius 1 is 1.24 bits per heavy atom. The van der Waals surface area contributed by atoms with Gasteiger partial charge in [-0.1, -0.05) is 6.07 Å². The van der Waals surface area contributed by atoms with Crippen molar-refractivity contribution in [3.63, 3.8) is 0 Å². The SMILES string of the molecule is COc1ccc(CN(C)C(C)CCl)cc1OC. The van der Waals surface area contributed by atoms with Crippen LogP contribution in [0.5, 0.6) is 11.5 Å². The molecule has 0 bridgehead atoms. The second-order valence-electron chi connectivity index (χ2n) is 4.11. The third-order valence-corrected chi connectivity index (χ3v) is 3.30. The maximum atomic E-state index is 5.83. The van der Waals surface area contributed by atoms with Crippen molar-refractivity contribution < 1.29 is 9.47 Å². The molecule has 0 saturated carbocycles. The fourth-order valence-corrected chi connectivity index (χ4v) is 1.78. The van der Waals surface area contributed by atoms with E-state index in [1.54, 1.807) is 14.2 Å². The van der Waals surface area contributed by atoms with Gasteiger partial charge in [-0.15, -0.1) is 11.6 Å². The van der Waals surface area contributed by atoms with Crippen molar-refractivity contribution in [3.05, 3.63) is 23.8 Å². The molecule has 1 aromatic rings. The van der Waals surface area contributed by atoms with Gasteiger partial charge < -0.3 is 9.47 Å². The van der Waals surface area contributed by atoms with Gasteiger partial charge >= 0.3 is 0 Å². The average Bonchev–Trinajstić information content (AvgIpc) is 2.37. The summed E-state index contributed by atoms with van der Waals surface area (Å²) in [6.07, 6.45) is 0. The summed E-state index contributed by atoms with van der Waals surface area (Å²) >= 11 is 5.83. The highest BCUT2D eigenvalue weighted by molar-refractivity contribution is 6.18. The minimum absolute atomic E-state index is 0.352. The van der Waals surface area contributed by atoms with Crippen LogP contribution in [-0.2, 0) is 6.54 Å². The summed E-state index contributed by atoms with van der Waals surface area (Å²) in [6.45, 7) is 2.95. The topological polar surface area (TPSA) is 21.7 Å². The van der Waals surface area contributed by atoms with Crippen LogP contribution in [0.3, 0.4) is 0 Å². The number of halogens is 1. The Balaban J connectivity index is 2.78. The first-order valence-corrected chi connectivity index (χ1v) is 6.13. The summed E-state index contributed by atoms with van der Waals surface area (Å²) in [7, 11) is 5.34. The van der Waals surface area contributed by atoms with Crippen molar-refractivity contribution >= 4 is 11.6 Å². The van der Waals surface area contributed by atoms with Crippen LogP contribution >= 0.6 is 11.6 Å². The predicted octanol–water partition coefficient (Wildman–Crippen LogP) is 2.76. The number of alkyl halides is 1. The number of methoxy groups -OCH3 is 2. The van der Waals surface area contributed by atoms with Crippen LogP contribution in [0.4, 0.5) is 0 Å². The van der Waals surface area contributed by atoms with Gasteiger partial charge in [0, 0.05) is 18.5 Å². The first-order chi connectivity index (χ1) is 8.12.